The second-order valence-electron chi connectivity index (χ2n) is 8.05. The van der Waals surface area contributed by atoms with Crippen molar-refractivity contribution in [3.63, 3.8) is 0 Å². The number of carbonyl (C=O) groups excluding carboxylic acids is 2. The Morgan fingerprint density at radius 2 is 1.32 bits per heavy atom. The van der Waals surface area contributed by atoms with E-state index in [2.05, 4.69) is 16.0 Å². The summed E-state index contributed by atoms with van der Waals surface area (Å²) in [6.45, 7) is 0. The van der Waals surface area contributed by atoms with Crippen LogP contribution in [-0.2, 0) is 4.79 Å². The Hall–Kier alpha value is -4.14. The zero-order valence-electron chi connectivity index (χ0n) is 20.7. The maximum atomic E-state index is 13.5. The second-order valence-corrected chi connectivity index (χ2v) is 9.64. The number of thioether (sulfide) groups is 1. The first-order chi connectivity index (χ1) is 18.5. The van der Waals surface area contributed by atoms with Gasteiger partial charge in [0, 0.05) is 22.3 Å². The summed E-state index contributed by atoms with van der Waals surface area (Å²) < 4.78 is 10.7. The molecule has 0 aliphatic carbocycles. The van der Waals surface area contributed by atoms with Crippen molar-refractivity contribution in [2.24, 2.45) is 0 Å². The molecule has 0 radical (unpaired) electrons. The number of benzene rings is 4. The lowest BCUT2D eigenvalue weighted by atomic mass is 10.1. The van der Waals surface area contributed by atoms with Crippen LogP contribution in [0, 0.1) is 0 Å². The Morgan fingerprint density at radius 3 is 1.92 bits per heavy atom. The summed E-state index contributed by atoms with van der Waals surface area (Å²) in [5.41, 5.74) is 2.59. The molecule has 9 heteroatoms. The van der Waals surface area contributed by atoms with Gasteiger partial charge < -0.3 is 25.4 Å². The quantitative estimate of drug-likeness (QED) is 0.189. The first-order valence-electron chi connectivity index (χ1n) is 11.6. The van der Waals surface area contributed by atoms with E-state index in [-0.39, 0.29) is 11.9 Å². The van der Waals surface area contributed by atoms with Gasteiger partial charge in [-0.3, -0.25) is 4.79 Å². The molecule has 0 aliphatic heterocycles. The van der Waals surface area contributed by atoms with E-state index in [0.29, 0.717) is 33.6 Å². The Kier molecular flexibility index (Phi) is 9.13. The van der Waals surface area contributed by atoms with E-state index in [9.17, 15) is 9.59 Å². The number of amides is 3. The van der Waals surface area contributed by atoms with Gasteiger partial charge in [-0.25, -0.2) is 4.79 Å². The van der Waals surface area contributed by atoms with Crippen LogP contribution >= 0.6 is 23.4 Å². The van der Waals surface area contributed by atoms with Crippen LogP contribution in [0.15, 0.2) is 102 Å². The predicted molar refractivity (Wildman–Crippen MR) is 154 cm³/mol. The van der Waals surface area contributed by atoms with Crippen molar-refractivity contribution < 1.29 is 19.1 Å². The number of hydrogen-bond acceptors (Lipinski definition) is 5. The number of ether oxygens (including phenoxy) is 2. The van der Waals surface area contributed by atoms with E-state index in [4.69, 9.17) is 21.1 Å². The molecule has 4 aromatic carbocycles. The molecule has 0 saturated heterocycles. The predicted octanol–water partition coefficient (Wildman–Crippen LogP) is 7.47. The van der Waals surface area contributed by atoms with Crippen LogP contribution in [-0.4, -0.2) is 26.2 Å². The molecule has 1 unspecified atom stereocenters. The topological polar surface area (TPSA) is 88.7 Å². The average Bonchev–Trinajstić information content (AvgIpc) is 2.93. The highest BCUT2D eigenvalue weighted by atomic mass is 35.5. The molecule has 3 amide bonds. The minimum Gasteiger partial charge on any atom is -0.495 e. The van der Waals surface area contributed by atoms with Gasteiger partial charge in [0.15, 0.2) is 0 Å². The molecule has 0 heterocycles. The van der Waals surface area contributed by atoms with Crippen molar-refractivity contribution in [3.8, 4) is 11.5 Å². The zero-order valence-corrected chi connectivity index (χ0v) is 22.3. The Balaban J connectivity index is 1.49. The van der Waals surface area contributed by atoms with Crippen molar-refractivity contribution in [1.82, 2.24) is 0 Å². The third-order valence-corrected chi connectivity index (χ3v) is 7.03. The number of carbonyl (C=O) groups is 2. The number of para-hydroxylation sites is 1. The summed E-state index contributed by atoms with van der Waals surface area (Å²) in [6.07, 6.45) is 0. The maximum absolute atomic E-state index is 13.5. The van der Waals surface area contributed by atoms with Gasteiger partial charge in [-0.15, -0.1) is 11.8 Å². The van der Waals surface area contributed by atoms with Crippen LogP contribution < -0.4 is 25.4 Å². The highest BCUT2D eigenvalue weighted by Gasteiger charge is 2.24. The minimum atomic E-state index is -0.568. The summed E-state index contributed by atoms with van der Waals surface area (Å²) in [7, 11) is 3.02. The van der Waals surface area contributed by atoms with Crippen LogP contribution in [0.5, 0.6) is 11.5 Å². The van der Waals surface area contributed by atoms with Crippen molar-refractivity contribution >= 4 is 52.4 Å². The molecule has 0 fully saturated rings. The van der Waals surface area contributed by atoms with Gasteiger partial charge in [0.25, 0.3) is 0 Å². The molecule has 1 atom stereocenters. The molecule has 4 aromatic rings. The molecule has 0 saturated carbocycles. The lowest BCUT2D eigenvalue weighted by molar-refractivity contribution is -0.115. The fourth-order valence-corrected chi connectivity index (χ4v) is 4.89. The molecule has 7 nitrogen and oxygen atoms in total. The monoisotopic (exact) mass is 547 g/mol. The molecule has 0 spiro atoms. The number of methoxy groups -OCH3 is 2. The van der Waals surface area contributed by atoms with E-state index in [1.165, 1.54) is 26.0 Å². The lowest BCUT2D eigenvalue weighted by Crippen LogP contribution is -2.20. The Labute approximate surface area is 230 Å². The SMILES string of the molecule is COc1cc(OC)c(NC(=O)C(Sc2ccc(NC(=O)Nc3ccccc3)cc2)c2ccccc2)cc1Cl. The Bertz CT molecular complexity index is 1390. The van der Waals surface area contributed by atoms with Crippen molar-refractivity contribution in [2.45, 2.75) is 10.1 Å². The summed E-state index contributed by atoms with van der Waals surface area (Å²) in [4.78, 5) is 26.7. The van der Waals surface area contributed by atoms with Crippen LogP contribution in [0.3, 0.4) is 0 Å². The molecular formula is C29H26ClN3O4S. The van der Waals surface area contributed by atoms with Crippen LogP contribution in [0.4, 0.5) is 21.9 Å². The molecule has 0 bridgehead atoms. The van der Waals surface area contributed by atoms with Gasteiger partial charge >= 0.3 is 6.03 Å². The third kappa shape index (κ3) is 7.00. The number of halogens is 1. The van der Waals surface area contributed by atoms with E-state index in [1.807, 2.05) is 72.8 Å². The molecule has 3 N–H and O–H groups in total. The molecule has 0 aromatic heterocycles. The minimum absolute atomic E-state index is 0.245. The number of rotatable bonds is 9. The standard InChI is InChI=1S/C29H26ClN3O4S/c1-36-25-18-26(37-2)24(17-23(25)30)33-28(34)27(19-9-5-3-6-10-19)38-22-15-13-21(14-16-22)32-29(35)31-20-11-7-4-8-12-20/h3-18,27H,1-2H3,(H,33,34)(H2,31,32,35). The van der Waals surface area contributed by atoms with Crippen molar-refractivity contribution in [3.05, 3.63) is 108 Å². The number of hydrogen-bond donors (Lipinski definition) is 3. The first-order valence-corrected chi connectivity index (χ1v) is 12.9. The molecule has 0 aliphatic rings. The van der Waals surface area contributed by atoms with Crippen molar-refractivity contribution in [1.29, 1.82) is 0 Å². The van der Waals surface area contributed by atoms with Gasteiger partial charge in [0.2, 0.25) is 5.91 Å². The van der Waals surface area contributed by atoms with E-state index in [0.717, 1.165) is 10.5 Å². The molecule has 38 heavy (non-hydrogen) atoms. The number of nitrogens with one attached hydrogen (secondary N) is 3. The number of anilines is 3. The summed E-state index contributed by atoms with van der Waals surface area (Å²) in [5.74, 6) is 0.632. The van der Waals surface area contributed by atoms with Gasteiger partial charge in [-0.05, 0) is 48.0 Å². The van der Waals surface area contributed by atoms with Gasteiger partial charge in [-0.2, -0.15) is 0 Å². The lowest BCUT2D eigenvalue weighted by Gasteiger charge is -2.19. The molecular weight excluding hydrogens is 522 g/mol. The molecule has 194 valence electrons. The van der Waals surface area contributed by atoms with E-state index in [1.54, 1.807) is 24.3 Å². The fraction of sp³-hybridized carbons (Fsp3) is 0.103. The van der Waals surface area contributed by atoms with Gasteiger partial charge in [0.1, 0.15) is 16.7 Å². The van der Waals surface area contributed by atoms with E-state index < -0.39 is 5.25 Å². The average molecular weight is 548 g/mol. The normalized spacial score (nSPS) is 11.2. The number of urea groups is 1. The smallest absolute Gasteiger partial charge is 0.323 e. The summed E-state index contributed by atoms with van der Waals surface area (Å²) in [5, 5.41) is 8.32. The van der Waals surface area contributed by atoms with Gasteiger partial charge in [0.05, 0.1) is 24.9 Å². The van der Waals surface area contributed by atoms with Gasteiger partial charge in [-0.1, -0.05) is 60.1 Å². The van der Waals surface area contributed by atoms with Crippen LogP contribution in [0.1, 0.15) is 10.8 Å². The molecule has 4 rings (SSSR count). The van der Waals surface area contributed by atoms with E-state index >= 15 is 0 Å². The summed E-state index contributed by atoms with van der Waals surface area (Å²) >= 11 is 7.68. The zero-order chi connectivity index (χ0) is 26.9. The summed E-state index contributed by atoms with van der Waals surface area (Å²) in [6, 6.07) is 28.9. The maximum Gasteiger partial charge on any atom is 0.323 e. The van der Waals surface area contributed by atoms with Crippen LogP contribution in [0.25, 0.3) is 0 Å². The highest BCUT2D eigenvalue weighted by Crippen LogP contribution is 2.40. The largest absolute Gasteiger partial charge is 0.495 e. The highest BCUT2D eigenvalue weighted by molar-refractivity contribution is 8.00. The third-order valence-electron chi connectivity index (χ3n) is 5.47. The Morgan fingerprint density at radius 1 is 0.737 bits per heavy atom. The fourth-order valence-electron chi connectivity index (χ4n) is 3.62. The van der Waals surface area contributed by atoms with Crippen molar-refractivity contribution in [2.75, 3.05) is 30.2 Å². The second kappa shape index (κ2) is 12.9. The first kappa shape index (κ1) is 26.9. The van der Waals surface area contributed by atoms with Crippen LogP contribution in [0.2, 0.25) is 5.02 Å².